The predicted octanol–water partition coefficient (Wildman–Crippen LogP) is 3.68. The lowest BCUT2D eigenvalue weighted by molar-refractivity contribution is -0.0490. The molecule has 26 heteroatoms. The highest BCUT2D eigenvalue weighted by molar-refractivity contribution is 8.44. The first-order valence-electron chi connectivity index (χ1n) is 20.3. The van der Waals surface area contributed by atoms with Crippen LogP contribution in [-0.4, -0.2) is 119 Å². The number of aromatic hydroxyl groups is 2. The number of hydrogen-bond donors (Lipinski definition) is 9. The Kier molecular flexibility index (Phi) is 14.1. The van der Waals surface area contributed by atoms with Crippen molar-refractivity contribution in [2.75, 3.05) is 38.7 Å². The normalized spacial score (nSPS) is 21.6. The molecule has 0 saturated carbocycles. The number of anilines is 1. The predicted molar refractivity (Wildman–Crippen MR) is 237 cm³/mol. The summed E-state index contributed by atoms with van der Waals surface area (Å²) in [5.41, 5.74) is 6.63. The first-order chi connectivity index (χ1) is 31.5. The molecule has 3 unspecified atom stereocenters. The van der Waals surface area contributed by atoms with Crippen molar-refractivity contribution < 1.29 is 76.9 Å². The highest BCUT2D eigenvalue weighted by Crippen LogP contribution is 2.57. The zero-order valence-corrected chi connectivity index (χ0v) is 38.0. The molecule has 7 atom stereocenters. The number of aliphatic hydroxyl groups excluding tert-OH is 3. The van der Waals surface area contributed by atoms with Gasteiger partial charge in [-0.2, -0.15) is 0 Å². The van der Waals surface area contributed by atoms with Gasteiger partial charge in [-0.1, -0.05) is 25.1 Å². The monoisotopic (exact) mass is 990 g/mol. The third-order valence-corrected chi connectivity index (χ3v) is 14.2. The molecule has 3 aliphatic rings. The number of ether oxygens (including phenoxy) is 3. The second kappa shape index (κ2) is 19.4. The number of unbranched alkanes of at least 4 members (excludes halogenated alkanes) is 3. The maximum absolute atomic E-state index is 13.3. The summed E-state index contributed by atoms with van der Waals surface area (Å²) >= 11 is 8.93. The molecule has 1 amide bonds. The number of aromatic nitrogens is 4. The van der Waals surface area contributed by atoms with Crippen LogP contribution in [0.4, 0.5) is 5.82 Å². The maximum atomic E-state index is 13.3. The number of carbonyl (C=O) groups is 2. The number of benzene rings is 3. The highest BCUT2D eigenvalue weighted by Gasteiger charge is 2.54. The summed E-state index contributed by atoms with van der Waals surface area (Å²) in [6.07, 6.45) is -1.72. The smallest absolute Gasteiger partial charge is 0.386 e. The Morgan fingerprint density at radius 1 is 0.924 bits per heavy atom. The van der Waals surface area contributed by atoms with Crippen LogP contribution in [0.5, 0.6) is 23.0 Å². The molecule has 9 N–H and O–H groups in total. The summed E-state index contributed by atoms with van der Waals surface area (Å²) in [6, 6.07) is 13.5. The van der Waals surface area contributed by atoms with Crippen LogP contribution in [0.15, 0.2) is 67.3 Å². The van der Waals surface area contributed by atoms with E-state index in [4.69, 9.17) is 49.8 Å². The Labute approximate surface area is 385 Å². The van der Waals surface area contributed by atoms with Crippen LogP contribution in [0.3, 0.4) is 0 Å². The minimum Gasteiger partial charge on any atom is -0.508 e. The van der Waals surface area contributed by atoms with Crippen molar-refractivity contribution in [2.45, 2.75) is 61.9 Å². The summed E-state index contributed by atoms with van der Waals surface area (Å²) in [6.45, 7) is -9.20. The van der Waals surface area contributed by atoms with Gasteiger partial charge < -0.3 is 64.7 Å². The van der Waals surface area contributed by atoms with Gasteiger partial charge >= 0.3 is 19.5 Å². The van der Waals surface area contributed by atoms with E-state index in [1.807, 2.05) is 0 Å². The molecule has 8 rings (SSSR count). The van der Waals surface area contributed by atoms with E-state index in [1.54, 1.807) is 18.2 Å². The van der Waals surface area contributed by atoms with E-state index >= 15 is 0 Å². The third-order valence-electron chi connectivity index (χ3n) is 10.9. The van der Waals surface area contributed by atoms with Gasteiger partial charge in [0.2, 0.25) is 0 Å². The lowest BCUT2D eigenvalue weighted by atomic mass is 9.77. The minimum atomic E-state index is -4.14. The van der Waals surface area contributed by atoms with E-state index in [0.29, 0.717) is 48.9 Å². The van der Waals surface area contributed by atoms with Gasteiger partial charge in [0.25, 0.3) is 5.91 Å². The first-order valence-corrected chi connectivity index (χ1v) is 25.6. The van der Waals surface area contributed by atoms with E-state index in [2.05, 4.69) is 32.5 Å². The van der Waals surface area contributed by atoms with Crippen molar-refractivity contribution in [1.82, 2.24) is 24.8 Å². The number of phenols is 2. The molecule has 5 heterocycles. The average molecular weight is 991 g/mol. The molecule has 352 valence electrons. The van der Waals surface area contributed by atoms with Gasteiger partial charge in [-0.25, -0.2) is 24.3 Å². The van der Waals surface area contributed by atoms with Crippen molar-refractivity contribution in [2.24, 2.45) is 0 Å². The molecule has 1 saturated heterocycles. The fraction of sp³-hybridized carbons (Fsp3) is 0.375. The summed E-state index contributed by atoms with van der Waals surface area (Å²) in [5, 5.41) is 54.8. The number of esters is 1. The van der Waals surface area contributed by atoms with E-state index in [1.165, 1.54) is 53.6 Å². The minimum absolute atomic E-state index is 0.0457. The molecule has 3 aromatic carbocycles. The van der Waals surface area contributed by atoms with Crippen molar-refractivity contribution in [1.29, 1.82) is 0 Å². The van der Waals surface area contributed by atoms with Crippen molar-refractivity contribution in [3.8, 4) is 23.0 Å². The second-order valence-corrected chi connectivity index (χ2v) is 21.2. The Morgan fingerprint density at radius 2 is 1.62 bits per heavy atom. The number of nitrogens with two attached hydrogens (primary N) is 1. The lowest BCUT2D eigenvalue weighted by Gasteiger charge is -2.36. The fourth-order valence-electron chi connectivity index (χ4n) is 7.71. The zero-order chi connectivity index (χ0) is 47.0. The summed E-state index contributed by atoms with van der Waals surface area (Å²) < 4.78 is 52.9. The number of nitrogens with zero attached hydrogens (tertiary/aromatic N) is 4. The third kappa shape index (κ3) is 9.92. The number of aliphatic hydroxyl groups is 3. The first kappa shape index (κ1) is 47.7. The molecule has 2 aromatic heterocycles. The molecular weight excluding hydrogens is 947 g/mol. The number of nitrogens with one attached hydrogen (secondary N) is 1. The molecular formula is C40H44N6O16P2S2. The zero-order valence-electron chi connectivity index (χ0n) is 34.5. The van der Waals surface area contributed by atoms with Crippen LogP contribution in [0, 0.1) is 0 Å². The number of amides is 1. The van der Waals surface area contributed by atoms with E-state index in [-0.39, 0.29) is 63.6 Å². The van der Waals surface area contributed by atoms with Gasteiger partial charge in [0.15, 0.2) is 23.3 Å². The average Bonchev–Trinajstić information content (AvgIpc) is 3.93. The number of phenolic OH excluding ortho intramolecular Hbond substituents is 2. The highest BCUT2D eigenvalue weighted by atomic mass is 32.7. The lowest BCUT2D eigenvalue weighted by Crippen LogP contribution is -2.33. The van der Waals surface area contributed by atoms with Gasteiger partial charge in [-0.3, -0.25) is 18.4 Å². The quantitative estimate of drug-likeness (QED) is 0.0247. The molecule has 1 spiro atoms. The molecule has 5 aromatic rings. The molecule has 0 aliphatic carbocycles. The van der Waals surface area contributed by atoms with Crippen LogP contribution in [-0.2, 0) is 49.5 Å². The maximum Gasteiger partial charge on any atom is 0.386 e. The van der Waals surface area contributed by atoms with Crippen LogP contribution in [0.25, 0.3) is 11.2 Å². The number of rotatable bonds is 19. The molecule has 66 heavy (non-hydrogen) atoms. The number of carbonyl (C=O) groups excluding carboxylic acids is 2. The molecule has 3 aliphatic heterocycles. The summed E-state index contributed by atoms with van der Waals surface area (Å²) in [5.74, 6) is -0.613. The van der Waals surface area contributed by atoms with Gasteiger partial charge in [-0.05, 0) is 67.1 Å². The Morgan fingerprint density at radius 3 is 2.35 bits per heavy atom. The van der Waals surface area contributed by atoms with Crippen molar-refractivity contribution in [3.63, 3.8) is 0 Å². The molecule has 22 nitrogen and oxygen atoms in total. The number of nitrogen functional groups attached to an aromatic ring is 1. The van der Waals surface area contributed by atoms with Crippen LogP contribution in [0.2, 0.25) is 0 Å². The SMILES string of the molecule is Nc1ncnc2c1ncn2[C@@H]1O[C@H](COP(=O)(S)OCC(O)COP(O)(=S)OCCCCCCNC(=O)c2ccc3c(c2)C2(OC3=O)c3ccc(O)cc3Oc3cc(O)ccc32)[C@@H](O)[C@H]1O. The van der Waals surface area contributed by atoms with Crippen LogP contribution < -0.4 is 15.8 Å². The van der Waals surface area contributed by atoms with Gasteiger partial charge in [0.1, 0.15) is 59.3 Å². The summed E-state index contributed by atoms with van der Waals surface area (Å²) in [4.78, 5) is 49.1. The van der Waals surface area contributed by atoms with Crippen LogP contribution in [0.1, 0.15) is 69.3 Å². The van der Waals surface area contributed by atoms with E-state index in [9.17, 15) is 44.6 Å². The molecule has 0 bridgehead atoms. The largest absolute Gasteiger partial charge is 0.508 e. The van der Waals surface area contributed by atoms with E-state index < -0.39 is 75.6 Å². The Balaban J connectivity index is 0.731. The van der Waals surface area contributed by atoms with Crippen molar-refractivity contribution >= 4 is 66.4 Å². The fourth-order valence-corrected chi connectivity index (χ4v) is 10.1. The molecule has 1 fully saturated rings. The Hall–Kier alpha value is -4.78. The number of imidazole rings is 1. The van der Waals surface area contributed by atoms with Gasteiger partial charge in [0.05, 0.1) is 38.3 Å². The number of thiol groups is 1. The number of hydrogen-bond acceptors (Lipinski definition) is 20. The topological polar surface area (TPSA) is 319 Å². The number of fused-ring (bicyclic) bond motifs is 7. The standard InChI is InChI=1S/C40H44N6O16P2S2/c41-35-32-36(44-19-43-35)46(20-45-32)38-34(51)33(50)31(61-38)18-59-64(55,66)58-17-24(49)16-57-63(54,65)56-12-4-2-1-3-11-42-37(52)21-5-8-25-28(13-21)40(62-39(25)53)26-9-6-22(47)14-29(26)60-30-15-23(48)7-10-27(30)40/h5-10,13-15,19-20,24,31,33-34,38,47-51H,1-4,11-12,16-18H2,(H,42,52)(H,54,65)(H,55,66)(H2,41,43,44)/t24?,31-,33-,34-,38-,63?,64?/m1/s1. The Bertz CT molecular complexity index is 2700. The second-order valence-electron chi connectivity index (χ2n) is 15.4. The van der Waals surface area contributed by atoms with Crippen molar-refractivity contribution in [3.05, 3.63) is 95.1 Å². The van der Waals surface area contributed by atoms with E-state index in [0.717, 1.165) is 0 Å². The van der Waals surface area contributed by atoms with Gasteiger partial charge in [0, 0.05) is 40.9 Å². The van der Waals surface area contributed by atoms with Crippen LogP contribution >= 0.6 is 25.8 Å². The van der Waals surface area contributed by atoms with Gasteiger partial charge in [-0.15, -0.1) is 0 Å². The molecule has 0 radical (unpaired) electrons. The summed E-state index contributed by atoms with van der Waals surface area (Å²) in [7, 11) is 0.